The largest absolute Gasteiger partial charge is 0.396 e. The van der Waals surface area contributed by atoms with E-state index in [1.54, 1.807) is 0 Å². The molecule has 0 aromatic heterocycles. The molecule has 0 aromatic carbocycles. The summed E-state index contributed by atoms with van der Waals surface area (Å²) >= 11 is 0. The predicted molar refractivity (Wildman–Crippen MR) is 64.9 cm³/mol. The lowest BCUT2D eigenvalue weighted by Gasteiger charge is -2.32. The van der Waals surface area contributed by atoms with E-state index in [1.807, 2.05) is 0 Å². The van der Waals surface area contributed by atoms with Crippen LogP contribution in [0.15, 0.2) is 0 Å². The third kappa shape index (κ3) is 3.18. The van der Waals surface area contributed by atoms with Crippen LogP contribution in [0.1, 0.15) is 52.9 Å². The van der Waals surface area contributed by atoms with E-state index < -0.39 is 0 Å². The third-order valence-electron chi connectivity index (χ3n) is 4.44. The van der Waals surface area contributed by atoms with Gasteiger partial charge in [-0.1, -0.05) is 27.2 Å². The van der Waals surface area contributed by atoms with Crippen molar-refractivity contribution in [2.24, 2.45) is 11.3 Å². The molecule has 0 aliphatic heterocycles. The van der Waals surface area contributed by atoms with Crippen LogP contribution >= 0.6 is 0 Å². The Morgan fingerprint density at radius 2 is 1.93 bits per heavy atom. The number of nitrogens with one attached hydrogen (secondary N) is 1. The van der Waals surface area contributed by atoms with Crippen molar-refractivity contribution in [1.82, 2.24) is 5.32 Å². The van der Waals surface area contributed by atoms with E-state index in [0.29, 0.717) is 12.6 Å². The van der Waals surface area contributed by atoms with E-state index in [9.17, 15) is 5.11 Å². The fourth-order valence-corrected chi connectivity index (χ4v) is 2.58. The second kappa shape index (κ2) is 5.86. The minimum Gasteiger partial charge on any atom is -0.396 e. The molecular formula is C13H27NO. The number of aliphatic hydroxyl groups excluding tert-OH is 1. The Balaban J connectivity index is 2.39. The molecule has 90 valence electrons. The highest BCUT2D eigenvalue weighted by Crippen LogP contribution is 2.28. The maximum Gasteiger partial charge on any atom is 0.0499 e. The molecule has 2 unspecified atom stereocenters. The van der Waals surface area contributed by atoms with Crippen molar-refractivity contribution in [3.05, 3.63) is 0 Å². The normalized spacial score (nSPS) is 27.2. The molecule has 1 aliphatic rings. The van der Waals surface area contributed by atoms with Crippen LogP contribution in [0, 0.1) is 11.3 Å². The van der Waals surface area contributed by atoms with Crippen LogP contribution in [0.2, 0.25) is 0 Å². The lowest BCUT2D eigenvalue weighted by molar-refractivity contribution is 0.108. The van der Waals surface area contributed by atoms with Gasteiger partial charge in [0.15, 0.2) is 0 Å². The van der Waals surface area contributed by atoms with E-state index in [4.69, 9.17) is 0 Å². The van der Waals surface area contributed by atoms with Crippen LogP contribution in [-0.4, -0.2) is 24.3 Å². The first-order valence-electron chi connectivity index (χ1n) is 6.51. The average molecular weight is 213 g/mol. The summed E-state index contributed by atoms with van der Waals surface area (Å²) in [6, 6.07) is 0.689. The third-order valence-corrected chi connectivity index (χ3v) is 4.44. The van der Waals surface area contributed by atoms with Gasteiger partial charge in [-0.25, -0.2) is 0 Å². The Labute approximate surface area is 94.5 Å². The number of hydrogen-bond donors (Lipinski definition) is 2. The van der Waals surface area contributed by atoms with Crippen molar-refractivity contribution in [3.63, 3.8) is 0 Å². The van der Waals surface area contributed by atoms with E-state index in [-0.39, 0.29) is 5.41 Å². The number of hydrogen-bond acceptors (Lipinski definition) is 2. The van der Waals surface area contributed by atoms with Gasteiger partial charge in [0.2, 0.25) is 0 Å². The first-order chi connectivity index (χ1) is 7.17. The topological polar surface area (TPSA) is 32.3 Å². The van der Waals surface area contributed by atoms with E-state index in [1.165, 1.54) is 19.3 Å². The van der Waals surface area contributed by atoms with Crippen LogP contribution in [-0.2, 0) is 0 Å². The van der Waals surface area contributed by atoms with Gasteiger partial charge in [-0.05, 0) is 31.6 Å². The summed E-state index contributed by atoms with van der Waals surface area (Å²) in [6.45, 7) is 7.99. The summed E-state index contributed by atoms with van der Waals surface area (Å²) in [5, 5.41) is 13.1. The van der Waals surface area contributed by atoms with Crippen molar-refractivity contribution in [2.45, 2.75) is 58.9 Å². The predicted octanol–water partition coefficient (Wildman–Crippen LogP) is 2.56. The van der Waals surface area contributed by atoms with Gasteiger partial charge < -0.3 is 10.4 Å². The maximum atomic E-state index is 9.48. The molecule has 0 spiro atoms. The van der Waals surface area contributed by atoms with E-state index in [2.05, 4.69) is 26.1 Å². The van der Waals surface area contributed by atoms with Crippen molar-refractivity contribution < 1.29 is 5.11 Å². The Morgan fingerprint density at radius 1 is 1.27 bits per heavy atom. The molecule has 2 N–H and O–H groups in total. The second-order valence-electron chi connectivity index (χ2n) is 5.26. The fraction of sp³-hybridized carbons (Fsp3) is 1.00. The van der Waals surface area contributed by atoms with Crippen molar-refractivity contribution >= 4 is 0 Å². The first-order valence-corrected chi connectivity index (χ1v) is 6.51. The summed E-state index contributed by atoms with van der Waals surface area (Å²) in [5.74, 6) is 0.815. The van der Waals surface area contributed by atoms with Gasteiger partial charge in [0.1, 0.15) is 0 Å². The molecule has 2 atom stereocenters. The van der Waals surface area contributed by atoms with Crippen LogP contribution in [0.3, 0.4) is 0 Å². The molecule has 0 aromatic rings. The van der Waals surface area contributed by atoms with Gasteiger partial charge in [-0.3, -0.25) is 0 Å². The zero-order valence-electron chi connectivity index (χ0n) is 10.6. The smallest absolute Gasteiger partial charge is 0.0499 e. The van der Waals surface area contributed by atoms with Crippen molar-refractivity contribution in [1.29, 1.82) is 0 Å². The fourth-order valence-electron chi connectivity index (χ4n) is 2.58. The quantitative estimate of drug-likeness (QED) is 0.711. The van der Waals surface area contributed by atoms with Gasteiger partial charge in [0.05, 0.1) is 0 Å². The Bertz CT molecular complexity index is 169. The SMILES string of the molecule is CCC(CC)(CO)CNC1CCCC1C. The Kier molecular flexibility index (Phi) is 5.07. The van der Waals surface area contributed by atoms with E-state index >= 15 is 0 Å². The highest BCUT2D eigenvalue weighted by atomic mass is 16.3. The summed E-state index contributed by atoms with van der Waals surface area (Å²) in [6.07, 6.45) is 6.17. The maximum absolute atomic E-state index is 9.48. The van der Waals surface area contributed by atoms with Crippen LogP contribution in [0.5, 0.6) is 0 Å². The molecule has 0 radical (unpaired) electrons. The van der Waals surface area contributed by atoms with Crippen LogP contribution in [0.4, 0.5) is 0 Å². The summed E-state index contributed by atoms with van der Waals surface area (Å²) < 4.78 is 0. The van der Waals surface area contributed by atoms with Gasteiger partial charge >= 0.3 is 0 Å². The summed E-state index contributed by atoms with van der Waals surface area (Å²) in [4.78, 5) is 0. The summed E-state index contributed by atoms with van der Waals surface area (Å²) in [5.41, 5.74) is 0.113. The minimum atomic E-state index is 0.113. The lowest BCUT2D eigenvalue weighted by atomic mass is 9.83. The summed E-state index contributed by atoms with van der Waals surface area (Å²) in [7, 11) is 0. The molecular weight excluding hydrogens is 186 g/mol. The molecule has 2 heteroatoms. The molecule has 0 saturated heterocycles. The molecule has 1 saturated carbocycles. The molecule has 1 fully saturated rings. The average Bonchev–Trinajstić information content (AvgIpc) is 2.67. The molecule has 0 heterocycles. The van der Waals surface area contributed by atoms with Crippen molar-refractivity contribution in [3.8, 4) is 0 Å². The zero-order valence-corrected chi connectivity index (χ0v) is 10.6. The van der Waals surface area contributed by atoms with Crippen molar-refractivity contribution in [2.75, 3.05) is 13.2 Å². The first kappa shape index (κ1) is 13.0. The zero-order chi connectivity index (χ0) is 11.3. The Hall–Kier alpha value is -0.0800. The highest BCUT2D eigenvalue weighted by Gasteiger charge is 2.29. The molecule has 0 amide bonds. The monoisotopic (exact) mass is 213 g/mol. The number of aliphatic hydroxyl groups is 1. The standard InChI is InChI=1S/C13H27NO/c1-4-13(5-2,10-15)9-14-12-8-6-7-11(12)3/h11-12,14-15H,4-10H2,1-3H3. The highest BCUT2D eigenvalue weighted by molar-refractivity contribution is 4.85. The van der Waals surface area contributed by atoms with Gasteiger partial charge in [-0.15, -0.1) is 0 Å². The second-order valence-corrected chi connectivity index (χ2v) is 5.26. The lowest BCUT2D eigenvalue weighted by Crippen LogP contribution is -2.42. The molecule has 0 bridgehead atoms. The van der Waals surface area contributed by atoms with Gasteiger partial charge in [0, 0.05) is 24.6 Å². The number of rotatable bonds is 6. The van der Waals surface area contributed by atoms with Crippen LogP contribution < -0.4 is 5.32 Å². The van der Waals surface area contributed by atoms with Gasteiger partial charge in [-0.2, -0.15) is 0 Å². The van der Waals surface area contributed by atoms with E-state index in [0.717, 1.165) is 25.3 Å². The van der Waals surface area contributed by atoms with Crippen LogP contribution in [0.25, 0.3) is 0 Å². The minimum absolute atomic E-state index is 0.113. The van der Waals surface area contributed by atoms with Gasteiger partial charge in [0.25, 0.3) is 0 Å². The Morgan fingerprint density at radius 3 is 2.33 bits per heavy atom. The molecule has 1 rings (SSSR count). The molecule has 15 heavy (non-hydrogen) atoms. The molecule has 1 aliphatic carbocycles. The molecule has 2 nitrogen and oxygen atoms in total.